The van der Waals surface area contributed by atoms with Gasteiger partial charge in [0.15, 0.2) is 5.82 Å². The fraction of sp³-hybridized carbons (Fsp3) is 0.435. The van der Waals surface area contributed by atoms with Gasteiger partial charge in [-0.15, -0.1) is 11.3 Å². The average molecular weight is 508 g/mol. The zero-order valence-corrected chi connectivity index (χ0v) is 21.5. The number of aliphatic hydroxyl groups is 1. The lowest BCUT2D eigenvalue weighted by Crippen LogP contribution is -2.17. The van der Waals surface area contributed by atoms with Crippen molar-refractivity contribution in [3.05, 3.63) is 41.3 Å². The summed E-state index contributed by atoms with van der Waals surface area (Å²) in [6.45, 7) is 9.72. The smallest absolute Gasteiger partial charge is 0.232 e. The summed E-state index contributed by atoms with van der Waals surface area (Å²) in [7, 11) is -3.66. The van der Waals surface area contributed by atoms with E-state index in [1.54, 1.807) is 38.2 Å². The molecule has 0 aliphatic carbocycles. The summed E-state index contributed by atoms with van der Waals surface area (Å²) < 4.78 is 42.4. The molecule has 34 heavy (non-hydrogen) atoms. The van der Waals surface area contributed by atoms with E-state index in [4.69, 9.17) is 4.98 Å². The van der Waals surface area contributed by atoms with E-state index < -0.39 is 21.9 Å². The molecule has 0 saturated carbocycles. The number of benzene rings is 1. The van der Waals surface area contributed by atoms with E-state index in [-0.39, 0.29) is 29.0 Å². The van der Waals surface area contributed by atoms with Crippen LogP contribution in [-0.4, -0.2) is 46.9 Å². The maximum Gasteiger partial charge on any atom is 0.232 e. The van der Waals surface area contributed by atoms with Crippen molar-refractivity contribution >= 4 is 33.0 Å². The van der Waals surface area contributed by atoms with Gasteiger partial charge in [-0.1, -0.05) is 33.8 Å². The second-order valence-electron chi connectivity index (χ2n) is 9.03. The fourth-order valence-corrected chi connectivity index (χ4v) is 5.33. The summed E-state index contributed by atoms with van der Waals surface area (Å²) in [5, 5.41) is 13.3. The standard InChI is InChI=1S/C23H30FN5O3S2/c1-6-12-34(31,32)29-16-9-7-8-15(18(16)24)19-20(33-21(28-19)23(3,4)5)17-10-11-25-22(27-17)26-13-14(2)30/h7-11,14,29-30H,6,12-13H2,1-5H3,(H,25,26,27). The fourth-order valence-electron chi connectivity index (χ4n) is 3.09. The third-order valence-corrected chi connectivity index (χ3v) is 7.68. The second kappa shape index (κ2) is 10.3. The molecule has 0 bridgehead atoms. The second-order valence-corrected chi connectivity index (χ2v) is 11.9. The molecule has 0 amide bonds. The molecule has 1 aromatic carbocycles. The van der Waals surface area contributed by atoms with Gasteiger partial charge in [0.05, 0.1) is 38.8 Å². The maximum atomic E-state index is 15.6. The molecule has 1 unspecified atom stereocenters. The summed E-state index contributed by atoms with van der Waals surface area (Å²) in [6.07, 6.45) is 1.42. The Morgan fingerprint density at radius 2 is 1.94 bits per heavy atom. The minimum atomic E-state index is -3.66. The molecular weight excluding hydrogens is 477 g/mol. The number of aliphatic hydroxyl groups excluding tert-OH is 1. The van der Waals surface area contributed by atoms with E-state index in [1.165, 1.54) is 17.4 Å². The quantitative estimate of drug-likeness (QED) is 0.386. The molecule has 11 heteroatoms. The highest BCUT2D eigenvalue weighted by Crippen LogP contribution is 2.41. The van der Waals surface area contributed by atoms with Crippen LogP contribution in [0.4, 0.5) is 16.0 Å². The first-order chi connectivity index (χ1) is 15.9. The Labute approximate surface area is 203 Å². The first kappa shape index (κ1) is 26.0. The van der Waals surface area contributed by atoms with Crippen LogP contribution in [0.5, 0.6) is 0 Å². The monoisotopic (exact) mass is 507 g/mol. The Morgan fingerprint density at radius 3 is 2.59 bits per heavy atom. The van der Waals surface area contributed by atoms with Crippen molar-refractivity contribution in [1.29, 1.82) is 0 Å². The van der Waals surface area contributed by atoms with Crippen LogP contribution in [0.1, 0.15) is 46.0 Å². The summed E-state index contributed by atoms with van der Waals surface area (Å²) in [5.41, 5.74) is 0.681. The molecule has 3 aromatic rings. The zero-order valence-electron chi connectivity index (χ0n) is 19.9. The maximum absolute atomic E-state index is 15.6. The lowest BCUT2D eigenvalue weighted by molar-refractivity contribution is 0.208. The number of sulfonamides is 1. The number of hydrogen-bond acceptors (Lipinski definition) is 8. The Kier molecular flexibility index (Phi) is 7.89. The van der Waals surface area contributed by atoms with Crippen LogP contribution in [0.25, 0.3) is 21.8 Å². The van der Waals surface area contributed by atoms with E-state index in [0.29, 0.717) is 28.6 Å². The Bertz CT molecular complexity index is 1250. The van der Waals surface area contributed by atoms with Crippen LogP contribution < -0.4 is 10.0 Å². The number of hydrogen-bond donors (Lipinski definition) is 3. The number of rotatable bonds is 9. The zero-order chi connectivity index (χ0) is 25.1. The number of nitrogens with one attached hydrogen (secondary N) is 2. The predicted octanol–water partition coefficient (Wildman–Crippen LogP) is 4.65. The lowest BCUT2D eigenvalue weighted by Gasteiger charge is -2.13. The van der Waals surface area contributed by atoms with Gasteiger partial charge in [0.1, 0.15) is 0 Å². The first-order valence-corrected chi connectivity index (χ1v) is 13.4. The highest BCUT2D eigenvalue weighted by atomic mass is 32.2. The van der Waals surface area contributed by atoms with E-state index in [9.17, 15) is 13.5 Å². The van der Waals surface area contributed by atoms with Gasteiger partial charge < -0.3 is 10.4 Å². The molecule has 2 heterocycles. The molecule has 0 aliphatic rings. The van der Waals surface area contributed by atoms with Gasteiger partial charge in [-0.3, -0.25) is 4.72 Å². The molecule has 0 aliphatic heterocycles. The van der Waals surface area contributed by atoms with Crippen LogP contribution in [-0.2, 0) is 15.4 Å². The minimum absolute atomic E-state index is 0.101. The highest BCUT2D eigenvalue weighted by molar-refractivity contribution is 7.92. The van der Waals surface area contributed by atoms with Crippen LogP contribution >= 0.6 is 11.3 Å². The van der Waals surface area contributed by atoms with Crippen LogP contribution in [0, 0.1) is 5.82 Å². The molecule has 0 radical (unpaired) electrons. The van der Waals surface area contributed by atoms with Gasteiger partial charge >= 0.3 is 0 Å². The molecule has 1 atom stereocenters. The summed E-state index contributed by atoms with van der Waals surface area (Å²) >= 11 is 1.40. The van der Waals surface area contributed by atoms with Gasteiger partial charge in [-0.25, -0.2) is 27.8 Å². The molecule has 0 spiro atoms. The van der Waals surface area contributed by atoms with Crippen molar-refractivity contribution in [2.24, 2.45) is 0 Å². The van der Waals surface area contributed by atoms with Crippen LogP contribution in [0.15, 0.2) is 30.5 Å². The number of anilines is 2. The summed E-state index contributed by atoms with van der Waals surface area (Å²) in [5.74, 6) is -0.469. The number of aromatic nitrogens is 3. The third kappa shape index (κ3) is 6.28. The number of thiazole rings is 1. The molecule has 3 rings (SSSR count). The Morgan fingerprint density at radius 1 is 1.21 bits per heavy atom. The highest BCUT2D eigenvalue weighted by Gasteiger charge is 2.26. The topological polar surface area (TPSA) is 117 Å². The predicted molar refractivity (Wildman–Crippen MR) is 135 cm³/mol. The molecule has 184 valence electrons. The van der Waals surface area contributed by atoms with Crippen LogP contribution in [0.2, 0.25) is 0 Å². The summed E-state index contributed by atoms with van der Waals surface area (Å²) in [6, 6.07) is 6.28. The van der Waals surface area contributed by atoms with Crippen molar-refractivity contribution < 1.29 is 17.9 Å². The molecule has 0 fully saturated rings. The molecule has 2 aromatic heterocycles. The van der Waals surface area contributed by atoms with E-state index >= 15 is 4.39 Å². The summed E-state index contributed by atoms with van der Waals surface area (Å²) in [4.78, 5) is 14.1. The molecule has 3 N–H and O–H groups in total. The van der Waals surface area contributed by atoms with Crippen molar-refractivity contribution in [3.63, 3.8) is 0 Å². The van der Waals surface area contributed by atoms with Crippen LogP contribution in [0.3, 0.4) is 0 Å². The average Bonchev–Trinajstić information content (AvgIpc) is 3.19. The molecule has 0 saturated heterocycles. The third-order valence-electron chi connectivity index (χ3n) is 4.70. The van der Waals surface area contributed by atoms with E-state index in [1.807, 2.05) is 20.8 Å². The lowest BCUT2D eigenvalue weighted by atomic mass is 9.98. The Balaban J connectivity index is 2.12. The number of halogens is 1. The first-order valence-electron chi connectivity index (χ1n) is 11.0. The largest absolute Gasteiger partial charge is 0.392 e. The molecule has 8 nitrogen and oxygen atoms in total. The normalized spacial score (nSPS) is 13.0. The van der Waals surface area contributed by atoms with Crippen molar-refractivity contribution in [2.45, 2.75) is 52.6 Å². The Hall–Kier alpha value is -2.63. The van der Waals surface area contributed by atoms with Crippen molar-refractivity contribution in [2.75, 3.05) is 22.3 Å². The van der Waals surface area contributed by atoms with Gasteiger partial charge in [0, 0.05) is 23.7 Å². The van der Waals surface area contributed by atoms with Gasteiger partial charge in [0.25, 0.3) is 0 Å². The van der Waals surface area contributed by atoms with Gasteiger partial charge in [-0.2, -0.15) is 0 Å². The minimum Gasteiger partial charge on any atom is -0.392 e. The van der Waals surface area contributed by atoms with E-state index in [0.717, 1.165) is 5.01 Å². The van der Waals surface area contributed by atoms with Crippen molar-refractivity contribution in [1.82, 2.24) is 15.0 Å². The van der Waals surface area contributed by atoms with E-state index in [2.05, 4.69) is 20.0 Å². The molecular formula is C23H30FN5O3S2. The number of nitrogens with zero attached hydrogens (tertiary/aromatic N) is 3. The van der Waals surface area contributed by atoms with Gasteiger partial charge in [0.2, 0.25) is 16.0 Å². The van der Waals surface area contributed by atoms with Gasteiger partial charge in [-0.05, 0) is 31.5 Å². The SMILES string of the molecule is CCCS(=O)(=O)Nc1cccc(-c2nc(C(C)(C)C)sc2-c2ccnc(NCC(C)O)n2)c1F. The van der Waals surface area contributed by atoms with Crippen molar-refractivity contribution in [3.8, 4) is 21.8 Å².